The molecule has 0 aromatic heterocycles. The summed E-state index contributed by atoms with van der Waals surface area (Å²) >= 11 is 0. The molecule has 1 rings (SSSR count). The Kier molecular flexibility index (Phi) is 4.62. The fraction of sp³-hybridized carbons (Fsp3) is 0.923. The molecule has 0 aromatic rings. The Morgan fingerprint density at radius 1 is 1.33 bits per heavy atom. The van der Waals surface area contributed by atoms with Crippen LogP contribution in [-0.2, 0) is 9.53 Å². The molecule has 0 bridgehead atoms. The van der Waals surface area contributed by atoms with E-state index in [2.05, 4.69) is 20.8 Å². The molecule has 1 saturated carbocycles. The Morgan fingerprint density at radius 2 is 1.93 bits per heavy atom. The average molecular weight is 212 g/mol. The van der Waals surface area contributed by atoms with Crippen molar-refractivity contribution < 1.29 is 9.53 Å². The Bertz CT molecular complexity index is 195. The summed E-state index contributed by atoms with van der Waals surface area (Å²) in [4.78, 5) is 10.6. The van der Waals surface area contributed by atoms with Gasteiger partial charge in [0.05, 0.1) is 0 Å². The fourth-order valence-electron chi connectivity index (χ4n) is 2.84. The molecule has 0 aromatic carbocycles. The normalized spacial score (nSPS) is 30.6. The van der Waals surface area contributed by atoms with Gasteiger partial charge in [-0.05, 0) is 38.0 Å². The van der Waals surface area contributed by atoms with E-state index in [1.807, 2.05) is 0 Å². The minimum atomic E-state index is -0.212. The molecule has 1 aliphatic rings. The van der Waals surface area contributed by atoms with Gasteiger partial charge in [-0.1, -0.05) is 33.1 Å². The maximum atomic E-state index is 10.6. The van der Waals surface area contributed by atoms with E-state index in [9.17, 15) is 4.79 Å². The summed E-state index contributed by atoms with van der Waals surface area (Å²) in [6, 6.07) is 0. The highest BCUT2D eigenvalue weighted by molar-refractivity contribution is 5.38. The maximum absolute atomic E-state index is 10.6. The van der Waals surface area contributed by atoms with Crippen LogP contribution in [0.3, 0.4) is 0 Å². The van der Waals surface area contributed by atoms with Crippen LogP contribution >= 0.6 is 0 Å². The Balaban J connectivity index is 2.58. The number of rotatable bonds is 5. The molecule has 1 fully saturated rings. The van der Waals surface area contributed by atoms with Crippen LogP contribution in [0, 0.1) is 11.8 Å². The molecular weight excluding hydrogens is 188 g/mol. The van der Waals surface area contributed by atoms with Gasteiger partial charge in [0.2, 0.25) is 0 Å². The molecule has 2 heteroatoms. The van der Waals surface area contributed by atoms with Crippen LogP contribution in [0.15, 0.2) is 0 Å². The van der Waals surface area contributed by atoms with Gasteiger partial charge < -0.3 is 4.74 Å². The second kappa shape index (κ2) is 5.53. The average Bonchev–Trinajstić information content (AvgIpc) is 2.19. The van der Waals surface area contributed by atoms with Crippen LogP contribution in [0.2, 0.25) is 0 Å². The van der Waals surface area contributed by atoms with Crippen LogP contribution in [0.4, 0.5) is 0 Å². The molecule has 0 heterocycles. The lowest BCUT2D eigenvalue weighted by atomic mass is 9.73. The third kappa shape index (κ3) is 3.22. The summed E-state index contributed by atoms with van der Waals surface area (Å²) in [5.74, 6) is 1.42. The lowest BCUT2D eigenvalue weighted by Gasteiger charge is -2.39. The number of carbonyl (C=O) groups excluding carboxylic acids is 1. The van der Waals surface area contributed by atoms with Crippen molar-refractivity contribution in [1.82, 2.24) is 0 Å². The summed E-state index contributed by atoms with van der Waals surface area (Å²) in [5, 5.41) is 0. The van der Waals surface area contributed by atoms with Gasteiger partial charge in [-0.3, -0.25) is 4.79 Å². The predicted molar refractivity (Wildman–Crippen MR) is 61.6 cm³/mol. The van der Waals surface area contributed by atoms with E-state index in [1.54, 1.807) is 0 Å². The number of carbonyl (C=O) groups is 1. The zero-order chi connectivity index (χ0) is 11.3. The van der Waals surface area contributed by atoms with Crippen LogP contribution in [0.1, 0.15) is 59.3 Å². The first-order chi connectivity index (χ1) is 7.12. The van der Waals surface area contributed by atoms with Crippen molar-refractivity contribution in [2.45, 2.75) is 64.9 Å². The molecule has 88 valence electrons. The first-order valence-electron chi connectivity index (χ1n) is 6.24. The van der Waals surface area contributed by atoms with Crippen molar-refractivity contribution in [1.29, 1.82) is 0 Å². The molecule has 0 spiro atoms. The lowest BCUT2D eigenvalue weighted by molar-refractivity contribution is -0.150. The van der Waals surface area contributed by atoms with Gasteiger partial charge in [0.25, 0.3) is 6.47 Å². The highest BCUT2D eigenvalue weighted by Gasteiger charge is 2.36. The zero-order valence-electron chi connectivity index (χ0n) is 10.3. The standard InChI is InChI=1S/C13H24O2/c1-4-9-13(3,15-10-14)12-7-5-11(2)6-8-12/h10-12H,4-9H2,1-3H3. The Morgan fingerprint density at radius 3 is 2.40 bits per heavy atom. The first-order valence-corrected chi connectivity index (χ1v) is 6.24. The maximum Gasteiger partial charge on any atom is 0.293 e. The number of hydrogen-bond donors (Lipinski definition) is 0. The van der Waals surface area contributed by atoms with E-state index in [1.165, 1.54) is 25.7 Å². The SMILES string of the molecule is CCCC(C)(OC=O)C1CCC(C)CC1. The van der Waals surface area contributed by atoms with Crippen LogP contribution in [-0.4, -0.2) is 12.1 Å². The Labute approximate surface area is 93.4 Å². The predicted octanol–water partition coefficient (Wildman–Crippen LogP) is 3.54. The zero-order valence-corrected chi connectivity index (χ0v) is 10.3. The molecule has 1 unspecified atom stereocenters. The van der Waals surface area contributed by atoms with Gasteiger partial charge in [0.1, 0.15) is 5.60 Å². The second-order valence-electron chi connectivity index (χ2n) is 5.23. The molecule has 1 aliphatic carbocycles. The molecule has 0 N–H and O–H groups in total. The third-order valence-corrected chi connectivity index (χ3v) is 3.94. The molecule has 0 radical (unpaired) electrons. The minimum absolute atomic E-state index is 0.212. The van der Waals surface area contributed by atoms with Crippen molar-refractivity contribution in [2.24, 2.45) is 11.8 Å². The summed E-state index contributed by atoms with van der Waals surface area (Å²) < 4.78 is 5.36. The largest absolute Gasteiger partial charge is 0.461 e. The number of ether oxygens (including phenoxy) is 1. The van der Waals surface area contributed by atoms with Crippen LogP contribution < -0.4 is 0 Å². The summed E-state index contributed by atoms with van der Waals surface area (Å²) in [7, 11) is 0. The van der Waals surface area contributed by atoms with Crippen molar-refractivity contribution >= 4 is 6.47 Å². The van der Waals surface area contributed by atoms with E-state index in [0.29, 0.717) is 12.4 Å². The van der Waals surface area contributed by atoms with Gasteiger partial charge in [0, 0.05) is 0 Å². The van der Waals surface area contributed by atoms with Gasteiger partial charge in [-0.25, -0.2) is 0 Å². The van der Waals surface area contributed by atoms with E-state index in [4.69, 9.17) is 4.74 Å². The van der Waals surface area contributed by atoms with Crippen molar-refractivity contribution in [3.05, 3.63) is 0 Å². The quantitative estimate of drug-likeness (QED) is 0.651. The van der Waals surface area contributed by atoms with Gasteiger partial charge >= 0.3 is 0 Å². The highest BCUT2D eigenvalue weighted by atomic mass is 16.5. The summed E-state index contributed by atoms with van der Waals surface area (Å²) in [6.45, 7) is 7.20. The van der Waals surface area contributed by atoms with Crippen LogP contribution in [0.5, 0.6) is 0 Å². The molecule has 2 nitrogen and oxygen atoms in total. The van der Waals surface area contributed by atoms with Gasteiger partial charge in [-0.2, -0.15) is 0 Å². The van der Waals surface area contributed by atoms with E-state index in [-0.39, 0.29) is 5.60 Å². The van der Waals surface area contributed by atoms with Crippen molar-refractivity contribution in [3.63, 3.8) is 0 Å². The van der Waals surface area contributed by atoms with Gasteiger partial charge in [0.15, 0.2) is 0 Å². The second-order valence-corrected chi connectivity index (χ2v) is 5.23. The molecule has 15 heavy (non-hydrogen) atoms. The molecule has 0 aliphatic heterocycles. The van der Waals surface area contributed by atoms with Crippen molar-refractivity contribution in [3.8, 4) is 0 Å². The summed E-state index contributed by atoms with van der Waals surface area (Å²) in [5.41, 5.74) is -0.212. The smallest absolute Gasteiger partial charge is 0.293 e. The minimum Gasteiger partial charge on any atom is -0.461 e. The molecule has 0 amide bonds. The lowest BCUT2D eigenvalue weighted by Crippen LogP contribution is -2.39. The highest BCUT2D eigenvalue weighted by Crippen LogP contribution is 2.39. The topological polar surface area (TPSA) is 26.3 Å². The van der Waals surface area contributed by atoms with Gasteiger partial charge in [-0.15, -0.1) is 0 Å². The molecule has 0 saturated heterocycles. The first kappa shape index (κ1) is 12.5. The number of hydrogen-bond acceptors (Lipinski definition) is 2. The monoisotopic (exact) mass is 212 g/mol. The van der Waals surface area contributed by atoms with E-state index in [0.717, 1.165) is 18.8 Å². The molecule has 1 atom stereocenters. The van der Waals surface area contributed by atoms with Crippen molar-refractivity contribution in [2.75, 3.05) is 0 Å². The van der Waals surface area contributed by atoms with E-state index >= 15 is 0 Å². The fourth-order valence-corrected chi connectivity index (χ4v) is 2.84. The third-order valence-electron chi connectivity index (χ3n) is 3.94. The van der Waals surface area contributed by atoms with E-state index < -0.39 is 0 Å². The van der Waals surface area contributed by atoms with Crippen LogP contribution in [0.25, 0.3) is 0 Å². The Hall–Kier alpha value is -0.530. The molecular formula is C13H24O2. The summed E-state index contributed by atoms with van der Waals surface area (Å²) in [6.07, 6.45) is 7.07.